The van der Waals surface area contributed by atoms with Gasteiger partial charge in [0.2, 0.25) is 4.51 Å². The van der Waals surface area contributed by atoms with Crippen molar-refractivity contribution >= 4 is 39.0 Å². The Labute approximate surface area is 160 Å². The van der Waals surface area contributed by atoms with Gasteiger partial charge in [-0.2, -0.15) is 0 Å². The lowest BCUT2D eigenvalue weighted by atomic mass is 10.2. The minimum atomic E-state index is -1.81. The number of quaternary nitrogens is 1. The van der Waals surface area contributed by atoms with Crippen molar-refractivity contribution in [1.82, 2.24) is 0 Å². The zero-order valence-electron chi connectivity index (χ0n) is 14.4. The van der Waals surface area contributed by atoms with Crippen molar-refractivity contribution in [2.75, 3.05) is 27.7 Å². The molecule has 0 amide bonds. The molecule has 0 radical (unpaired) electrons. The van der Waals surface area contributed by atoms with E-state index in [4.69, 9.17) is 4.74 Å². The van der Waals surface area contributed by atoms with Gasteiger partial charge in [0, 0.05) is 12.4 Å². The third-order valence-corrected chi connectivity index (χ3v) is 3.74. The molecule has 0 fully saturated rings. The zero-order valence-corrected chi connectivity index (χ0v) is 16.0. The predicted molar refractivity (Wildman–Crippen MR) is 91.2 cm³/mol. The highest BCUT2D eigenvalue weighted by molar-refractivity contribution is 9.10. The van der Waals surface area contributed by atoms with Gasteiger partial charge in [-0.3, -0.25) is 30.3 Å². The number of rotatable bonds is 9. The van der Waals surface area contributed by atoms with E-state index in [1.807, 2.05) is 0 Å². The maximum absolute atomic E-state index is 11.3. The number of nitro groups is 3. The first-order valence-electron chi connectivity index (χ1n) is 7.14. The Morgan fingerprint density at radius 3 is 1.81 bits per heavy atom. The Morgan fingerprint density at radius 1 is 1.07 bits per heavy atom. The third kappa shape index (κ3) is 6.10. The SMILES string of the molecule is C[N+](C)(C)CC(Br)(CC(=O)[O-])Oc1c([N+](=O)[O-])cc([N+](=O)[O-])cc1[N+](=O)[O-]. The number of hydrogen-bond acceptors (Lipinski definition) is 9. The van der Waals surface area contributed by atoms with Gasteiger partial charge in [0.05, 0.1) is 48.0 Å². The van der Waals surface area contributed by atoms with Gasteiger partial charge in [-0.15, -0.1) is 0 Å². The molecule has 0 aromatic heterocycles. The minimum Gasteiger partial charge on any atom is -0.550 e. The van der Waals surface area contributed by atoms with E-state index >= 15 is 0 Å². The van der Waals surface area contributed by atoms with Gasteiger partial charge in [-0.1, -0.05) is 0 Å². The van der Waals surface area contributed by atoms with Crippen LogP contribution in [0.4, 0.5) is 17.1 Å². The number of halogens is 1. The molecule has 1 aromatic rings. The molecular weight excluding hydrogens is 436 g/mol. The highest BCUT2D eigenvalue weighted by Crippen LogP contribution is 2.44. The zero-order chi connectivity index (χ0) is 21.2. The number of aliphatic carboxylic acids is 1. The van der Waals surface area contributed by atoms with Crippen LogP contribution in [0, 0.1) is 30.3 Å². The van der Waals surface area contributed by atoms with Gasteiger partial charge >= 0.3 is 11.4 Å². The van der Waals surface area contributed by atoms with Crippen LogP contribution in [0.3, 0.4) is 0 Å². The highest BCUT2D eigenvalue weighted by Gasteiger charge is 2.42. The molecule has 14 heteroatoms. The fraction of sp³-hybridized carbons (Fsp3) is 0.462. The van der Waals surface area contributed by atoms with Crippen LogP contribution < -0.4 is 9.84 Å². The maximum atomic E-state index is 11.3. The predicted octanol–water partition coefficient (Wildman–Crippen LogP) is 0.727. The highest BCUT2D eigenvalue weighted by atomic mass is 79.9. The van der Waals surface area contributed by atoms with E-state index in [1.54, 1.807) is 21.1 Å². The number of likely N-dealkylation sites (N-methyl/N-ethyl adjacent to an activating group) is 1. The molecule has 13 nitrogen and oxygen atoms in total. The van der Waals surface area contributed by atoms with Crippen LogP contribution in [0.25, 0.3) is 0 Å². The number of carboxylic acid groups (broad SMARTS) is 1. The Bertz CT molecular complexity index is 772. The summed E-state index contributed by atoms with van der Waals surface area (Å²) in [6.45, 7) is -0.0910. The fourth-order valence-electron chi connectivity index (χ4n) is 2.30. The largest absolute Gasteiger partial charge is 0.550 e. The van der Waals surface area contributed by atoms with Gasteiger partial charge in [-0.05, 0) is 15.9 Å². The van der Waals surface area contributed by atoms with Crippen LogP contribution in [-0.2, 0) is 4.79 Å². The first-order chi connectivity index (χ1) is 12.1. The number of non-ortho nitro benzene ring substituents is 1. The number of benzene rings is 1. The van der Waals surface area contributed by atoms with Crippen molar-refractivity contribution in [2.24, 2.45) is 0 Å². The van der Waals surface area contributed by atoms with E-state index in [0.29, 0.717) is 12.1 Å². The summed E-state index contributed by atoms with van der Waals surface area (Å²) in [6.07, 6.45) is -0.798. The van der Waals surface area contributed by atoms with Crippen molar-refractivity contribution < 1.29 is 33.9 Å². The van der Waals surface area contributed by atoms with E-state index in [2.05, 4.69) is 15.9 Å². The molecule has 0 saturated carbocycles. The maximum Gasteiger partial charge on any atom is 0.325 e. The molecule has 0 saturated heterocycles. The number of nitrogens with zero attached hydrogens (tertiary/aromatic N) is 4. The Morgan fingerprint density at radius 2 is 1.52 bits per heavy atom. The van der Waals surface area contributed by atoms with E-state index in [1.165, 1.54) is 0 Å². The van der Waals surface area contributed by atoms with Crippen molar-refractivity contribution in [1.29, 1.82) is 0 Å². The molecular formula is C13H15BrN4O9. The molecule has 0 aliphatic heterocycles. The molecule has 1 aromatic carbocycles. The molecule has 1 rings (SSSR count). The molecule has 0 N–H and O–H groups in total. The second-order valence-corrected chi connectivity index (χ2v) is 8.01. The van der Waals surface area contributed by atoms with Crippen molar-refractivity contribution in [2.45, 2.75) is 10.9 Å². The van der Waals surface area contributed by atoms with Crippen LogP contribution >= 0.6 is 15.9 Å². The molecule has 0 bridgehead atoms. The smallest absolute Gasteiger partial charge is 0.325 e. The van der Waals surface area contributed by atoms with Gasteiger partial charge in [0.1, 0.15) is 6.54 Å². The van der Waals surface area contributed by atoms with Crippen molar-refractivity contribution in [3.8, 4) is 5.75 Å². The molecule has 27 heavy (non-hydrogen) atoms. The molecule has 1 atom stereocenters. The van der Waals surface area contributed by atoms with Crippen molar-refractivity contribution in [3.05, 3.63) is 42.5 Å². The summed E-state index contributed by atoms with van der Waals surface area (Å²) in [7, 11) is 4.98. The standard InChI is InChI=1S/C13H15BrN4O9/c1-18(2,3)7-13(14,6-11(19)20)27-12-9(16(23)24)4-8(15(21)22)5-10(12)17(25)26/h4-5H,6-7H2,1-3H3. The number of hydrogen-bond donors (Lipinski definition) is 0. The second kappa shape index (κ2) is 7.79. The van der Waals surface area contributed by atoms with Gasteiger partial charge in [-0.25, -0.2) is 0 Å². The van der Waals surface area contributed by atoms with Crippen LogP contribution in [0.5, 0.6) is 5.75 Å². The van der Waals surface area contributed by atoms with Crippen LogP contribution in [0.2, 0.25) is 0 Å². The summed E-state index contributed by atoms with van der Waals surface area (Å²) in [4.78, 5) is 41.4. The Balaban J connectivity index is 3.65. The van der Waals surface area contributed by atoms with Crippen LogP contribution in [0.1, 0.15) is 6.42 Å². The van der Waals surface area contributed by atoms with E-state index < -0.39 is 54.5 Å². The summed E-state index contributed by atoms with van der Waals surface area (Å²) < 4.78 is 3.69. The topological polar surface area (TPSA) is 179 Å². The normalized spacial score (nSPS) is 13.5. The Kier molecular flexibility index (Phi) is 6.40. The fourth-order valence-corrected chi connectivity index (χ4v) is 3.44. The first-order valence-corrected chi connectivity index (χ1v) is 7.94. The first kappa shape index (κ1) is 22.2. The summed E-state index contributed by atoms with van der Waals surface area (Å²) in [5.74, 6) is -2.48. The van der Waals surface area contributed by atoms with Gasteiger partial charge in [0.25, 0.3) is 11.4 Å². The van der Waals surface area contributed by atoms with Crippen LogP contribution in [0.15, 0.2) is 12.1 Å². The van der Waals surface area contributed by atoms with Crippen LogP contribution in [-0.4, -0.2) is 57.4 Å². The van der Waals surface area contributed by atoms with E-state index in [9.17, 15) is 40.2 Å². The average molecular weight is 451 g/mol. The average Bonchev–Trinajstić information content (AvgIpc) is 2.42. The van der Waals surface area contributed by atoms with Crippen molar-refractivity contribution in [3.63, 3.8) is 0 Å². The minimum absolute atomic E-state index is 0.0910. The lowest BCUT2D eigenvalue weighted by molar-refractivity contribution is -0.874. The summed E-state index contributed by atoms with van der Waals surface area (Å²) >= 11 is 3.03. The van der Waals surface area contributed by atoms with E-state index in [0.717, 1.165) is 0 Å². The van der Waals surface area contributed by atoms with Gasteiger partial charge in [0.15, 0.2) is 0 Å². The summed E-state index contributed by atoms with van der Waals surface area (Å²) in [5, 5.41) is 44.6. The number of alkyl halides is 1. The number of ether oxygens (including phenoxy) is 1. The quantitative estimate of drug-likeness (QED) is 0.226. The molecule has 1 unspecified atom stereocenters. The molecule has 0 aliphatic rings. The number of carbonyl (C=O) groups is 1. The third-order valence-electron chi connectivity index (χ3n) is 3.04. The van der Waals surface area contributed by atoms with E-state index in [-0.39, 0.29) is 11.0 Å². The monoisotopic (exact) mass is 450 g/mol. The number of nitro benzene ring substituents is 3. The molecule has 0 spiro atoms. The molecule has 0 heterocycles. The number of carbonyl (C=O) groups excluding carboxylic acids is 1. The molecule has 148 valence electrons. The molecule has 0 aliphatic carbocycles. The lowest BCUT2D eigenvalue weighted by Crippen LogP contribution is -2.51. The van der Waals surface area contributed by atoms with Gasteiger partial charge < -0.3 is 19.1 Å². The summed E-state index contributed by atoms with van der Waals surface area (Å²) in [5.41, 5.74) is -2.97. The summed E-state index contributed by atoms with van der Waals surface area (Å²) in [6, 6.07) is 1.00. The Hall–Kier alpha value is -2.87. The number of carboxylic acids is 1. The lowest BCUT2D eigenvalue weighted by Gasteiger charge is -2.35. The second-order valence-electron chi connectivity index (χ2n) is 6.57.